The van der Waals surface area contributed by atoms with Crippen LogP contribution in [0.4, 0.5) is 0 Å². The fourth-order valence-electron chi connectivity index (χ4n) is 0.924. The van der Waals surface area contributed by atoms with Crippen LogP contribution in [0.15, 0.2) is 0 Å². The smallest absolute Gasteiger partial charge is 0.158 e. The summed E-state index contributed by atoms with van der Waals surface area (Å²) in [5.41, 5.74) is 0. The summed E-state index contributed by atoms with van der Waals surface area (Å²) in [6.07, 6.45) is 1.26. The fourth-order valence-corrected chi connectivity index (χ4v) is 3.99. The summed E-state index contributed by atoms with van der Waals surface area (Å²) in [6.45, 7) is 3.97. The molecule has 3 heteroatoms. The molecule has 0 aliphatic carbocycles. The molecule has 0 amide bonds. The van der Waals surface area contributed by atoms with Crippen molar-refractivity contribution in [2.24, 2.45) is 5.92 Å². The molecular formula is C8H14OS2. The molecule has 0 aromatic rings. The second kappa shape index (κ2) is 4.41. The van der Waals surface area contributed by atoms with Crippen LogP contribution >= 0.6 is 23.5 Å². The number of Topliss-reactive ketones (excluding diaryl/α,β-unsaturated/α-hetero) is 1. The number of carbonyl (C=O) groups is 1. The van der Waals surface area contributed by atoms with E-state index >= 15 is 0 Å². The highest BCUT2D eigenvalue weighted by Crippen LogP contribution is 2.32. The van der Waals surface area contributed by atoms with Crippen molar-refractivity contribution in [2.75, 3.05) is 11.5 Å². The SMILES string of the molecule is CC(C)C(=O)C1SCCCS1. The van der Waals surface area contributed by atoms with Gasteiger partial charge in [0.15, 0.2) is 5.78 Å². The van der Waals surface area contributed by atoms with Gasteiger partial charge in [-0.1, -0.05) is 13.8 Å². The normalized spacial score (nSPS) is 20.6. The maximum absolute atomic E-state index is 11.5. The molecular weight excluding hydrogens is 176 g/mol. The van der Waals surface area contributed by atoms with Gasteiger partial charge in [0.2, 0.25) is 0 Å². The van der Waals surface area contributed by atoms with Gasteiger partial charge in [-0.2, -0.15) is 0 Å². The van der Waals surface area contributed by atoms with Gasteiger partial charge < -0.3 is 0 Å². The largest absolute Gasteiger partial charge is 0.297 e. The zero-order valence-electron chi connectivity index (χ0n) is 7.00. The van der Waals surface area contributed by atoms with Gasteiger partial charge in [0.05, 0.1) is 0 Å². The van der Waals surface area contributed by atoms with Crippen LogP contribution in [0.3, 0.4) is 0 Å². The molecule has 0 unspecified atom stereocenters. The molecule has 1 heterocycles. The molecule has 1 rings (SSSR count). The summed E-state index contributed by atoms with van der Waals surface area (Å²) >= 11 is 3.63. The molecule has 64 valence electrons. The number of thioether (sulfide) groups is 2. The monoisotopic (exact) mass is 190 g/mol. The van der Waals surface area contributed by atoms with E-state index in [4.69, 9.17) is 0 Å². The minimum absolute atomic E-state index is 0.207. The fraction of sp³-hybridized carbons (Fsp3) is 0.875. The van der Waals surface area contributed by atoms with E-state index in [1.165, 1.54) is 6.42 Å². The average Bonchev–Trinajstić information content (AvgIpc) is 2.05. The van der Waals surface area contributed by atoms with Crippen LogP contribution in [-0.4, -0.2) is 21.9 Å². The summed E-state index contributed by atoms with van der Waals surface area (Å²) in [6, 6.07) is 0. The zero-order chi connectivity index (χ0) is 8.27. The van der Waals surface area contributed by atoms with Gasteiger partial charge in [-0.15, -0.1) is 23.5 Å². The van der Waals surface area contributed by atoms with Crippen molar-refractivity contribution in [1.29, 1.82) is 0 Å². The summed E-state index contributed by atoms with van der Waals surface area (Å²) in [5, 5.41) is 0. The minimum Gasteiger partial charge on any atom is -0.297 e. The first kappa shape index (κ1) is 9.46. The Balaban J connectivity index is 2.39. The third kappa shape index (κ3) is 2.71. The molecule has 0 aromatic carbocycles. The van der Waals surface area contributed by atoms with E-state index in [9.17, 15) is 4.79 Å². The lowest BCUT2D eigenvalue weighted by Crippen LogP contribution is -2.22. The molecule has 0 aromatic heterocycles. The Hall–Kier alpha value is 0.370. The molecule has 1 nitrogen and oxygen atoms in total. The lowest BCUT2D eigenvalue weighted by molar-refractivity contribution is -0.119. The van der Waals surface area contributed by atoms with Crippen LogP contribution in [0.1, 0.15) is 20.3 Å². The molecule has 1 aliphatic rings. The Morgan fingerprint density at radius 2 is 1.91 bits per heavy atom. The first-order chi connectivity index (χ1) is 5.22. The second-order valence-electron chi connectivity index (χ2n) is 2.98. The van der Waals surface area contributed by atoms with Gasteiger partial charge in [-0.3, -0.25) is 4.79 Å². The van der Waals surface area contributed by atoms with Crippen molar-refractivity contribution in [2.45, 2.75) is 24.9 Å². The van der Waals surface area contributed by atoms with E-state index < -0.39 is 0 Å². The predicted octanol–water partition coefficient (Wildman–Crippen LogP) is 2.41. The first-order valence-corrected chi connectivity index (χ1v) is 6.08. The average molecular weight is 190 g/mol. The summed E-state index contributed by atoms with van der Waals surface area (Å²) < 4.78 is 0.240. The topological polar surface area (TPSA) is 17.1 Å². The van der Waals surface area contributed by atoms with Gasteiger partial charge in [-0.25, -0.2) is 0 Å². The maximum Gasteiger partial charge on any atom is 0.158 e. The molecule has 1 saturated heterocycles. The molecule has 0 saturated carbocycles. The number of ketones is 1. The Morgan fingerprint density at radius 3 is 2.36 bits per heavy atom. The van der Waals surface area contributed by atoms with Crippen molar-refractivity contribution in [3.63, 3.8) is 0 Å². The summed E-state index contributed by atoms with van der Waals surface area (Å²) in [7, 11) is 0. The summed E-state index contributed by atoms with van der Waals surface area (Å²) in [4.78, 5) is 11.5. The van der Waals surface area contributed by atoms with Crippen LogP contribution in [0, 0.1) is 5.92 Å². The molecule has 1 aliphatic heterocycles. The zero-order valence-corrected chi connectivity index (χ0v) is 8.63. The van der Waals surface area contributed by atoms with Crippen molar-refractivity contribution in [1.82, 2.24) is 0 Å². The first-order valence-electron chi connectivity index (χ1n) is 3.98. The maximum atomic E-state index is 11.5. The molecule has 0 bridgehead atoms. The summed E-state index contributed by atoms with van der Waals surface area (Å²) in [5.74, 6) is 2.95. The highest BCUT2D eigenvalue weighted by atomic mass is 32.2. The molecule has 0 radical (unpaired) electrons. The minimum atomic E-state index is 0.207. The van der Waals surface area contributed by atoms with E-state index in [-0.39, 0.29) is 10.5 Å². The van der Waals surface area contributed by atoms with E-state index in [1.807, 2.05) is 37.4 Å². The van der Waals surface area contributed by atoms with Crippen LogP contribution in [0.2, 0.25) is 0 Å². The third-order valence-electron chi connectivity index (χ3n) is 1.63. The van der Waals surface area contributed by atoms with Crippen molar-refractivity contribution in [3.05, 3.63) is 0 Å². The van der Waals surface area contributed by atoms with Gasteiger partial charge >= 0.3 is 0 Å². The van der Waals surface area contributed by atoms with Crippen LogP contribution in [0.25, 0.3) is 0 Å². The number of hydrogen-bond donors (Lipinski definition) is 0. The quantitative estimate of drug-likeness (QED) is 0.665. The molecule has 0 spiro atoms. The third-order valence-corrected chi connectivity index (χ3v) is 4.56. The highest BCUT2D eigenvalue weighted by Gasteiger charge is 2.23. The van der Waals surface area contributed by atoms with Crippen molar-refractivity contribution >= 4 is 29.3 Å². The standard InChI is InChI=1S/C8H14OS2/c1-6(2)7(9)8-10-4-3-5-11-8/h6,8H,3-5H2,1-2H3. The van der Waals surface area contributed by atoms with Gasteiger partial charge in [-0.05, 0) is 17.9 Å². The Bertz CT molecular complexity index is 139. The molecule has 1 fully saturated rings. The van der Waals surface area contributed by atoms with Gasteiger partial charge in [0, 0.05) is 5.92 Å². The van der Waals surface area contributed by atoms with Crippen molar-refractivity contribution < 1.29 is 4.79 Å². The van der Waals surface area contributed by atoms with Crippen LogP contribution < -0.4 is 0 Å². The number of rotatable bonds is 2. The lowest BCUT2D eigenvalue weighted by atomic mass is 10.1. The van der Waals surface area contributed by atoms with E-state index in [1.54, 1.807) is 0 Å². The van der Waals surface area contributed by atoms with Crippen molar-refractivity contribution in [3.8, 4) is 0 Å². The molecule has 0 atom stereocenters. The highest BCUT2D eigenvalue weighted by molar-refractivity contribution is 8.18. The Morgan fingerprint density at radius 1 is 1.36 bits per heavy atom. The van der Waals surface area contributed by atoms with Crippen LogP contribution in [-0.2, 0) is 4.79 Å². The van der Waals surface area contributed by atoms with E-state index in [2.05, 4.69) is 0 Å². The van der Waals surface area contributed by atoms with E-state index in [0.717, 1.165) is 11.5 Å². The number of hydrogen-bond acceptors (Lipinski definition) is 3. The Labute approximate surface area is 76.7 Å². The lowest BCUT2D eigenvalue weighted by Gasteiger charge is -2.20. The van der Waals surface area contributed by atoms with E-state index in [0.29, 0.717) is 5.78 Å². The van der Waals surface area contributed by atoms with Crippen LogP contribution in [0.5, 0.6) is 0 Å². The van der Waals surface area contributed by atoms with Gasteiger partial charge in [0.1, 0.15) is 4.58 Å². The molecule has 11 heavy (non-hydrogen) atoms. The Kier molecular flexibility index (Phi) is 3.79. The predicted molar refractivity (Wildman–Crippen MR) is 53.2 cm³/mol. The number of carbonyl (C=O) groups excluding carboxylic acids is 1. The molecule has 0 N–H and O–H groups in total. The second-order valence-corrected chi connectivity index (χ2v) is 5.71. The van der Waals surface area contributed by atoms with Gasteiger partial charge in [0.25, 0.3) is 0 Å².